The lowest BCUT2D eigenvalue weighted by Crippen LogP contribution is -2.41. The molecule has 2 aliphatic carbocycles. The molecule has 0 aromatic carbocycles. The number of aliphatic carboxylic acids is 2. The van der Waals surface area contributed by atoms with E-state index in [1.807, 2.05) is 0 Å². The zero-order valence-electron chi connectivity index (χ0n) is 12.3. The number of carboxylic acid groups (broad SMARTS) is 2. The molecule has 114 valence electrons. The van der Waals surface area contributed by atoms with Crippen molar-refractivity contribution >= 4 is 11.9 Å². The van der Waals surface area contributed by atoms with Crippen molar-refractivity contribution in [1.29, 1.82) is 0 Å². The fourth-order valence-corrected chi connectivity index (χ4v) is 4.43. The average Bonchev–Trinajstić information content (AvgIpc) is 2.62. The van der Waals surface area contributed by atoms with Crippen molar-refractivity contribution in [2.75, 3.05) is 0 Å². The van der Waals surface area contributed by atoms with Gasteiger partial charge in [0.2, 0.25) is 0 Å². The van der Waals surface area contributed by atoms with Gasteiger partial charge < -0.3 is 10.2 Å². The molecular formula is C16H26O4. The van der Waals surface area contributed by atoms with Crippen LogP contribution in [0.25, 0.3) is 0 Å². The SMILES string of the molecule is CC1CCCC[C@@H](C2CCCC(C(=O)O)C2C(=O)O)C1. The molecule has 5 atom stereocenters. The van der Waals surface area contributed by atoms with Crippen molar-refractivity contribution < 1.29 is 19.8 Å². The van der Waals surface area contributed by atoms with E-state index in [1.54, 1.807) is 0 Å². The second-order valence-electron chi connectivity index (χ2n) is 6.79. The van der Waals surface area contributed by atoms with E-state index in [-0.39, 0.29) is 5.92 Å². The third kappa shape index (κ3) is 3.33. The minimum Gasteiger partial charge on any atom is -0.481 e. The molecule has 2 fully saturated rings. The predicted molar refractivity (Wildman–Crippen MR) is 75.3 cm³/mol. The molecule has 0 spiro atoms. The number of rotatable bonds is 3. The summed E-state index contributed by atoms with van der Waals surface area (Å²) in [5.74, 6) is -2.11. The van der Waals surface area contributed by atoms with Gasteiger partial charge in [-0.2, -0.15) is 0 Å². The first-order valence-corrected chi connectivity index (χ1v) is 7.96. The molecule has 2 saturated carbocycles. The Balaban J connectivity index is 2.18. The van der Waals surface area contributed by atoms with Crippen molar-refractivity contribution in [2.24, 2.45) is 29.6 Å². The van der Waals surface area contributed by atoms with Crippen molar-refractivity contribution in [2.45, 2.75) is 58.3 Å². The van der Waals surface area contributed by atoms with Crippen LogP contribution in [-0.2, 0) is 9.59 Å². The Hall–Kier alpha value is -1.06. The summed E-state index contributed by atoms with van der Waals surface area (Å²) in [5, 5.41) is 18.8. The summed E-state index contributed by atoms with van der Waals surface area (Å²) in [4.78, 5) is 23.0. The summed E-state index contributed by atoms with van der Waals surface area (Å²) < 4.78 is 0. The van der Waals surface area contributed by atoms with Gasteiger partial charge in [-0.15, -0.1) is 0 Å². The summed E-state index contributed by atoms with van der Waals surface area (Å²) in [6.45, 7) is 2.24. The van der Waals surface area contributed by atoms with E-state index in [2.05, 4.69) is 6.92 Å². The fraction of sp³-hybridized carbons (Fsp3) is 0.875. The Labute approximate surface area is 120 Å². The molecule has 0 amide bonds. The normalized spacial score (nSPS) is 39.0. The van der Waals surface area contributed by atoms with Gasteiger partial charge in [-0.3, -0.25) is 9.59 Å². The Kier molecular flexibility index (Phi) is 5.06. The average molecular weight is 282 g/mol. The summed E-state index contributed by atoms with van der Waals surface area (Å²) in [6, 6.07) is 0. The Morgan fingerprint density at radius 3 is 2.25 bits per heavy atom. The monoisotopic (exact) mass is 282 g/mol. The van der Waals surface area contributed by atoms with Gasteiger partial charge in [0, 0.05) is 0 Å². The molecule has 0 aromatic rings. The standard InChI is InChI=1S/C16H26O4/c1-10-5-2-3-6-11(9-10)12-7-4-8-13(15(17)18)14(12)16(19)20/h10-14H,2-9H2,1H3,(H,17,18)(H,19,20)/t10?,11-,12?,13?,14?/m1/s1. The van der Waals surface area contributed by atoms with Gasteiger partial charge in [0.15, 0.2) is 0 Å². The molecule has 4 unspecified atom stereocenters. The first kappa shape index (κ1) is 15.3. The molecule has 2 N–H and O–H groups in total. The van der Waals surface area contributed by atoms with Crippen molar-refractivity contribution in [1.82, 2.24) is 0 Å². The van der Waals surface area contributed by atoms with Crippen LogP contribution < -0.4 is 0 Å². The molecule has 0 bridgehead atoms. The van der Waals surface area contributed by atoms with Crippen molar-refractivity contribution in [3.05, 3.63) is 0 Å². The van der Waals surface area contributed by atoms with Gasteiger partial charge in [0.05, 0.1) is 11.8 Å². The Morgan fingerprint density at radius 1 is 0.900 bits per heavy atom. The van der Waals surface area contributed by atoms with Gasteiger partial charge in [-0.1, -0.05) is 39.0 Å². The molecule has 0 aromatic heterocycles. The van der Waals surface area contributed by atoms with Gasteiger partial charge in [0.25, 0.3) is 0 Å². The first-order valence-electron chi connectivity index (χ1n) is 7.96. The highest BCUT2D eigenvalue weighted by atomic mass is 16.4. The van der Waals surface area contributed by atoms with Crippen LogP contribution in [0, 0.1) is 29.6 Å². The topological polar surface area (TPSA) is 74.6 Å². The van der Waals surface area contributed by atoms with E-state index < -0.39 is 23.8 Å². The number of hydrogen-bond donors (Lipinski definition) is 2. The van der Waals surface area contributed by atoms with Crippen molar-refractivity contribution in [3.8, 4) is 0 Å². The summed E-state index contributed by atoms with van der Waals surface area (Å²) >= 11 is 0. The third-order valence-electron chi connectivity index (χ3n) is 5.38. The molecule has 2 rings (SSSR count). The highest BCUT2D eigenvalue weighted by molar-refractivity contribution is 5.80. The molecule has 0 heterocycles. The fourth-order valence-electron chi connectivity index (χ4n) is 4.43. The zero-order valence-corrected chi connectivity index (χ0v) is 12.3. The van der Waals surface area contributed by atoms with E-state index in [1.165, 1.54) is 12.8 Å². The van der Waals surface area contributed by atoms with Gasteiger partial charge in [0.1, 0.15) is 0 Å². The van der Waals surface area contributed by atoms with Gasteiger partial charge in [-0.05, 0) is 37.0 Å². The van der Waals surface area contributed by atoms with Crippen LogP contribution >= 0.6 is 0 Å². The van der Waals surface area contributed by atoms with Crippen LogP contribution in [-0.4, -0.2) is 22.2 Å². The van der Waals surface area contributed by atoms with E-state index in [9.17, 15) is 19.8 Å². The molecular weight excluding hydrogens is 256 g/mol. The quantitative estimate of drug-likeness (QED) is 0.778. The maximum atomic E-state index is 11.6. The summed E-state index contributed by atoms with van der Waals surface area (Å²) in [7, 11) is 0. The van der Waals surface area contributed by atoms with E-state index in [0.29, 0.717) is 18.3 Å². The maximum Gasteiger partial charge on any atom is 0.307 e. The molecule has 2 aliphatic rings. The zero-order chi connectivity index (χ0) is 14.7. The lowest BCUT2D eigenvalue weighted by Gasteiger charge is -2.38. The smallest absolute Gasteiger partial charge is 0.307 e. The van der Waals surface area contributed by atoms with Crippen molar-refractivity contribution in [3.63, 3.8) is 0 Å². The first-order chi connectivity index (χ1) is 9.50. The van der Waals surface area contributed by atoms with Crippen LogP contribution in [0.3, 0.4) is 0 Å². The van der Waals surface area contributed by atoms with Crippen LogP contribution in [0.4, 0.5) is 0 Å². The third-order valence-corrected chi connectivity index (χ3v) is 5.38. The Morgan fingerprint density at radius 2 is 1.60 bits per heavy atom. The molecule has 0 radical (unpaired) electrons. The van der Waals surface area contributed by atoms with Crippen LogP contribution in [0.1, 0.15) is 58.3 Å². The van der Waals surface area contributed by atoms with Crippen LogP contribution in [0.15, 0.2) is 0 Å². The van der Waals surface area contributed by atoms with Crippen LogP contribution in [0.2, 0.25) is 0 Å². The number of hydrogen-bond acceptors (Lipinski definition) is 2. The highest BCUT2D eigenvalue weighted by Gasteiger charge is 2.45. The van der Waals surface area contributed by atoms with E-state index >= 15 is 0 Å². The molecule has 0 saturated heterocycles. The number of carboxylic acids is 2. The summed E-state index contributed by atoms with van der Waals surface area (Å²) in [6.07, 6.45) is 8.02. The Bertz CT molecular complexity index is 365. The van der Waals surface area contributed by atoms with Crippen LogP contribution in [0.5, 0.6) is 0 Å². The highest BCUT2D eigenvalue weighted by Crippen LogP contribution is 2.44. The minimum absolute atomic E-state index is 0.0582. The molecule has 4 nitrogen and oxygen atoms in total. The molecule has 20 heavy (non-hydrogen) atoms. The summed E-state index contributed by atoms with van der Waals surface area (Å²) in [5.41, 5.74) is 0. The van der Waals surface area contributed by atoms with E-state index in [0.717, 1.165) is 32.1 Å². The lowest BCUT2D eigenvalue weighted by molar-refractivity contribution is -0.160. The lowest BCUT2D eigenvalue weighted by atomic mass is 9.65. The predicted octanol–water partition coefficient (Wildman–Crippen LogP) is 3.40. The molecule has 4 heteroatoms. The number of carbonyl (C=O) groups is 2. The van der Waals surface area contributed by atoms with E-state index in [4.69, 9.17) is 0 Å². The molecule has 0 aliphatic heterocycles. The second-order valence-corrected chi connectivity index (χ2v) is 6.79. The van der Waals surface area contributed by atoms with Gasteiger partial charge in [-0.25, -0.2) is 0 Å². The second kappa shape index (κ2) is 6.59. The maximum absolute atomic E-state index is 11.6. The van der Waals surface area contributed by atoms with Gasteiger partial charge >= 0.3 is 11.9 Å². The largest absolute Gasteiger partial charge is 0.481 e. The minimum atomic E-state index is -0.927.